The van der Waals surface area contributed by atoms with Gasteiger partial charge < -0.3 is 15.4 Å². The summed E-state index contributed by atoms with van der Waals surface area (Å²) >= 11 is 0. The molecule has 4 rings (SSSR count). The molecule has 1 aliphatic heterocycles. The Hall–Kier alpha value is -1.88. The first-order valence-corrected chi connectivity index (χ1v) is 11.6. The van der Waals surface area contributed by atoms with Crippen molar-refractivity contribution in [2.75, 3.05) is 20.7 Å². The minimum atomic E-state index is -0.828. The molecule has 1 heterocycles. The fraction of sp³-hybridized carbons (Fsp3) is 0.680. The van der Waals surface area contributed by atoms with Gasteiger partial charge in [-0.1, -0.05) is 38.5 Å². The van der Waals surface area contributed by atoms with Crippen LogP contribution in [0.4, 0.5) is 0 Å². The van der Waals surface area contributed by atoms with Crippen molar-refractivity contribution in [1.29, 1.82) is 0 Å². The molecule has 30 heavy (non-hydrogen) atoms. The molecule has 1 aromatic rings. The van der Waals surface area contributed by atoms with E-state index in [-0.39, 0.29) is 17.3 Å². The number of hydrogen-bond acceptors (Lipinski definition) is 5. The van der Waals surface area contributed by atoms with Crippen LogP contribution in [0.2, 0.25) is 0 Å². The summed E-state index contributed by atoms with van der Waals surface area (Å²) in [5, 5.41) is 0. The molecule has 2 N–H and O–H groups in total. The van der Waals surface area contributed by atoms with Gasteiger partial charge in [-0.25, -0.2) is 4.99 Å². The highest BCUT2D eigenvalue weighted by Gasteiger charge is 2.63. The number of methoxy groups -OCH3 is 1. The van der Waals surface area contributed by atoms with Crippen LogP contribution in [-0.4, -0.2) is 43.4 Å². The lowest BCUT2D eigenvalue weighted by Crippen LogP contribution is -2.58. The molecule has 164 valence electrons. The number of ketones is 1. The first-order chi connectivity index (χ1) is 14.3. The van der Waals surface area contributed by atoms with Gasteiger partial charge in [-0.3, -0.25) is 4.79 Å². The molecule has 5 nitrogen and oxygen atoms in total. The monoisotopic (exact) mass is 411 g/mol. The van der Waals surface area contributed by atoms with Crippen LogP contribution in [0.1, 0.15) is 69.1 Å². The largest absolute Gasteiger partial charge is 0.381 e. The van der Waals surface area contributed by atoms with Crippen molar-refractivity contribution in [1.82, 2.24) is 4.90 Å². The lowest BCUT2D eigenvalue weighted by atomic mass is 9.59. The maximum absolute atomic E-state index is 13.7. The highest BCUT2D eigenvalue weighted by atomic mass is 16.5. The molecule has 0 aromatic heterocycles. The average molecular weight is 412 g/mol. The summed E-state index contributed by atoms with van der Waals surface area (Å²) in [5.74, 6) is 1.40. The zero-order chi connectivity index (χ0) is 21.5. The van der Waals surface area contributed by atoms with Gasteiger partial charge in [0, 0.05) is 19.6 Å². The summed E-state index contributed by atoms with van der Waals surface area (Å²) < 4.78 is 5.64. The average Bonchev–Trinajstić information content (AvgIpc) is 2.96. The molecule has 1 unspecified atom stereocenters. The minimum Gasteiger partial charge on any atom is -0.381 e. The number of aliphatic imine (C=N–C) groups is 1. The van der Waals surface area contributed by atoms with Gasteiger partial charge in [0.15, 0.2) is 17.3 Å². The summed E-state index contributed by atoms with van der Waals surface area (Å²) in [6.45, 7) is 4.88. The van der Waals surface area contributed by atoms with Crippen LogP contribution < -0.4 is 5.73 Å². The summed E-state index contributed by atoms with van der Waals surface area (Å²) in [5.41, 5.74) is 9.07. The molecule has 0 radical (unpaired) electrons. The van der Waals surface area contributed by atoms with Crippen molar-refractivity contribution in [2.24, 2.45) is 22.1 Å². The molecule has 0 saturated heterocycles. The normalized spacial score (nSPS) is 31.0. The van der Waals surface area contributed by atoms with Gasteiger partial charge in [0.05, 0.1) is 12.6 Å². The Morgan fingerprint density at radius 3 is 2.70 bits per heavy atom. The molecule has 1 saturated carbocycles. The third kappa shape index (κ3) is 3.35. The van der Waals surface area contributed by atoms with Gasteiger partial charge in [0.1, 0.15) is 0 Å². The minimum absolute atomic E-state index is 0.177. The van der Waals surface area contributed by atoms with Crippen molar-refractivity contribution >= 4 is 11.7 Å². The maximum atomic E-state index is 13.7. The van der Waals surface area contributed by atoms with Gasteiger partial charge in [-0.15, -0.1) is 0 Å². The number of guanidine groups is 1. The van der Waals surface area contributed by atoms with Gasteiger partial charge in [-0.2, -0.15) is 0 Å². The SMILES string of the molecule is COC1CCC2(CC1)Cc1ccc(CCCC(C)C)cc1C21N=C(N)N(C)CC1=O. The second-order valence-electron chi connectivity index (χ2n) is 10.1. The maximum Gasteiger partial charge on any atom is 0.192 e. The predicted octanol–water partition coefficient (Wildman–Crippen LogP) is 3.82. The number of aryl methyl sites for hydroxylation is 1. The van der Waals surface area contributed by atoms with Crippen molar-refractivity contribution in [3.8, 4) is 0 Å². The van der Waals surface area contributed by atoms with E-state index in [1.807, 2.05) is 7.05 Å². The summed E-state index contributed by atoms with van der Waals surface area (Å²) in [6.07, 6.45) is 8.50. The first-order valence-electron chi connectivity index (χ1n) is 11.6. The van der Waals surface area contributed by atoms with Crippen LogP contribution >= 0.6 is 0 Å². The molecular weight excluding hydrogens is 374 g/mol. The van der Waals surface area contributed by atoms with E-state index in [1.165, 1.54) is 24.0 Å². The van der Waals surface area contributed by atoms with Gasteiger partial charge in [0.25, 0.3) is 0 Å². The number of nitrogens with zero attached hydrogens (tertiary/aromatic N) is 2. The van der Waals surface area contributed by atoms with E-state index in [0.29, 0.717) is 18.4 Å². The fourth-order valence-corrected chi connectivity index (χ4v) is 6.04. The molecule has 3 aliphatic rings. The smallest absolute Gasteiger partial charge is 0.192 e. The predicted molar refractivity (Wildman–Crippen MR) is 121 cm³/mol. The van der Waals surface area contributed by atoms with Gasteiger partial charge in [0.2, 0.25) is 0 Å². The lowest BCUT2D eigenvalue weighted by Gasteiger charge is -2.49. The van der Waals surface area contributed by atoms with Crippen LogP contribution in [0.3, 0.4) is 0 Å². The molecule has 1 atom stereocenters. The second-order valence-corrected chi connectivity index (χ2v) is 10.1. The van der Waals surface area contributed by atoms with E-state index in [0.717, 1.165) is 44.1 Å². The highest BCUT2D eigenvalue weighted by Crippen LogP contribution is 2.61. The molecule has 2 aliphatic carbocycles. The van der Waals surface area contributed by atoms with Crippen LogP contribution in [0.15, 0.2) is 23.2 Å². The number of carbonyl (C=O) groups excluding carboxylic acids is 1. The molecule has 5 heteroatoms. The summed E-state index contributed by atoms with van der Waals surface area (Å²) in [7, 11) is 3.65. The Kier molecular flexibility index (Phi) is 5.69. The Bertz CT molecular complexity index is 839. The molecular formula is C25H37N3O2. The number of nitrogens with two attached hydrogens (primary N) is 1. The fourth-order valence-electron chi connectivity index (χ4n) is 6.04. The van der Waals surface area contributed by atoms with Crippen LogP contribution in [-0.2, 0) is 27.9 Å². The van der Waals surface area contributed by atoms with Crippen molar-refractivity contribution in [3.63, 3.8) is 0 Å². The first kappa shape index (κ1) is 21.4. The summed E-state index contributed by atoms with van der Waals surface area (Å²) in [4.78, 5) is 20.5. The Labute approximate surface area is 181 Å². The zero-order valence-electron chi connectivity index (χ0n) is 19.0. The quantitative estimate of drug-likeness (QED) is 0.800. The van der Waals surface area contributed by atoms with Gasteiger partial charge >= 0.3 is 0 Å². The molecule has 0 amide bonds. The Morgan fingerprint density at radius 1 is 1.30 bits per heavy atom. The molecule has 1 fully saturated rings. The number of rotatable bonds is 5. The third-order valence-corrected chi connectivity index (χ3v) is 7.79. The Balaban J connectivity index is 1.76. The molecule has 2 spiro atoms. The van der Waals surface area contributed by atoms with E-state index >= 15 is 0 Å². The van der Waals surface area contributed by atoms with Crippen LogP contribution in [0.5, 0.6) is 0 Å². The van der Waals surface area contributed by atoms with Crippen molar-refractivity contribution in [2.45, 2.75) is 76.9 Å². The van der Waals surface area contributed by atoms with Crippen molar-refractivity contribution < 1.29 is 9.53 Å². The number of Topliss-reactive ketones (excluding diaryl/α,β-unsaturated/α-hetero) is 1. The molecule has 0 bridgehead atoms. The number of fused-ring (bicyclic) bond motifs is 3. The third-order valence-electron chi connectivity index (χ3n) is 7.79. The van der Waals surface area contributed by atoms with E-state index < -0.39 is 5.54 Å². The number of benzene rings is 1. The number of hydrogen-bond donors (Lipinski definition) is 1. The zero-order valence-corrected chi connectivity index (χ0v) is 19.0. The van der Waals surface area contributed by atoms with E-state index in [9.17, 15) is 4.79 Å². The highest BCUT2D eigenvalue weighted by molar-refractivity contribution is 6.01. The number of carbonyl (C=O) groups is 1. The van der Waals surface area contributed by atoms with E-state index in [1.54, 1.807) is 12.0 Å². The molecule has 1 aromatic carbocycles. The van der Waals surface area contributed by atoms with E-state index in [2.05, 4.69) is 32.0 Å². The topological polar surface area (TPSA) is 67.9 Å². The standard InChI is InChI=1S/C25H37N3O2/c1-17(2)6-5-7-18-8-9-19-15-24(12-10-20(30-4)11-13-24)25(21(19)14-18)22(29)16-28(3)23(26)27-25/h8-9,14,17,20H,5-7,10-13,15-16H2,1-4H3,(H2,26,27). The summed E-state index contributed by atoms with van der Waals surface area (Å²) in [6, 6.07) is 6.81. The second kappa shape index (κ2) is 7.99. The van der Waals surface area contributed by atoms with Crippen LogP contribution in [0, 0.1) is 11.3 Å². The number of ether oxygens (including phenoxy) is 1. The number of likely N-dealkylation sites (N-methyl/N-ethyl adjacent to an activating group) is 1. The lowest BCUT2D eigenvalue weighted by molar-refractivity contribution is -0.132. The van der Waals surface area contributed by atoms with E-state index in [4.69, 9.17) is 15.5 Å². The van der Waals surface area contributed by atoms with Gasteiger partial charge in [-0.05, 0) is 67.6 Å². The Morgan fingerprint density at radius 2 is 2.03 bits per heavy atom. The van der Waals surface area contributed by atoms with Crippen LogP contribution in [0.25, 0.3) is 0 Å². The van der Waals surface area contributed by atoms with Crippen molar-refractivity contribution in [3.05, 3.63) is 34.9 Å².